The van der Waals surface area contributed by atoms with E-state index >= 15 is 0 Å². The molecular weight excluding hydrogens is 246 g/mol. The van der Waals surface area contributed by atoms with Gasteiger partial charge in [0.15, 0.2) is 0 Å². The summed E-state index contributed by atoms with van der Waals surface area (Å²) in [7, 11) is 0. The summed E-state index contributed by atoms with van der Waals surface area (Å²) in [6, 6.07) is 6.87. The number of hydrogen-bond donors (Lipinski definition) is 1. The number of nitrogens with zero attached hydrogens (tertiary/aromatic N) is 2. The Labute approximate surface area is 110 Å². The van der Waals surface area contributed by atoms with Gasteiger partial charge in [0.1, 0.15) is 0 Å². The van der Waals surface area contributed by atoms with Crippen LogP contribution in [0.2, 0.25) is 0 Å². The third kappa shape index (κ3) is 2.90. The summed E-state index contributed by atoms with van der Waals surface area (Å²) in [5.41, 5.74) is 0.441. The fraction of sp³-hybridized carbons (Fsp3) is 0.308. The lowest BCUT2D eigenvalue weighted by atomic mass is 10.1. The van der Waals surface area contributed by atoms with Crippen LogP contribution in [0.5, 0.6) is 0 Å². The van der Waals surface area contributed by atoms with E-state index in [1.54, 1.807) is 24.3 Å². The first-order chi connectivity index (χ1) is 9.11. The van der Waals surface area contributed by atoms with E-state index in [2.05, 4.69) is 14.8 Å². The second kappa shape index (κ2) is 5.51. The van der Waals surface area contributed by atoms with Gasteiger partial charge in [-0.2, -0.15) is 0 Å². The van der Waals surface area contributed by atoms with Gasteiger partial charge in [-0.25, -0.2) is 4.79 Å². The predicted octanol–water partition coefficient (Wildman–Crippen LogP) is 0.150. The van der Waals surface area contributed by atoms with Crippen molar-refractivity contribution in [1.29, 1.82) is 0 Å². The minimum atomic E-state index is -0.513. The van der Waals surface area contributed by atoms with Gasteiger partial charge in [-0.3, -0.25) is 9.52 Å². The van der Waals surface area contributed by atoms with Gasteiger partial charge in [0, 0.05) is 12.1 Å². The number of hydrogen-bond acceptors (Lipinski definition) is 4. The highest BCUT2D eigenvalue weighted by Gasteiger charge is 2.15. The molecule has 2 rings (SSSR count). The Hall–Kier alpha value is -2.37. The molecule has 6 nitrogen and oxygen atoms in total. The van der Waals surface area contributed by atoms with Crippen LogP contribution in [-0.2, 0) is 0 Å². The summed E-state index contributed by atoms with van der Waals surface area (Å²) >= 11 is 0. The molecule has 0 radical (unpaired) electrons. The number of rotatable bonds is 4. The summed E-state index contributed by atoms with van der Waals surface area (Å²) in [5, 5.41) is 14.5. The van der Waals surface area contributed by atoms with Crippen molar-refractivity contribution in [3.8, 4) is 5.69 Å². The second-order valence-electron chi connectivity index (χ2n) is 4.22. The summed E-state index contributed by atoms with van der Waals surface area (Å²) in [6.45, 7) is 3.85. The van der Waals surface area contributed by atoms with E-state index in [-0.39, 0.29) is 11.9 Å². The molecule has 19 heavy (non-hydrogen) atoms. The Bertz CT molecular complexity index is 642. The molecular formula is C13H15N3O3. The highest BCUT2D eigenvalue weighted by Crippen LogP contribution is 2.08. The lowest BCUT2D eigenvalue weighted by molar-refractivity contribution is -0.670. The van der Waals surface area contributed by atoms with E-state index < -0.39 is 5.63 Å². The summed E-state index contributed by atoms with van der Waals surface area (Å²) < 4.78 is 5.96. The number of aromatic amines is 1. The molecule has 1 unspecified atom stereocenters. The zero-order chi connectivity index (χ0) is 13.8. The van der Waals surface area contributed by atoms with Crippen molar-refractivity contribution >= 4 is 5.90 Å². The molecule has 0 saturated carbocycles. The lowest BCUT2D eigenvalue weighted by Gasteiger charge is -2.13. The van der Waals surface area contributed by atoms with E-state index in [9.17, 15) is 9.90 Å². The van der Waals surface area contributed by atoms with Crippen molar-refractivity contribution in [3.05, 3.63) is 46.4 Å². The third-order valence-electron chi connectivity index (χ3n) is 2.80. The highest BCUT2D eigenvalue weighted by molar-refractivity contribution is 5.93. The van der Waals surface area contributed by atoms with E-state index in [0.717, 1.165) is 6.42 Å². The number of aromatic nitrogens is 2. The zero-order valence-electron chi connectivity index (χ0n) is 10.8. The third-order valence-corrected chi connectivity index (χ3v) is 2.80. The van der Waals surface area contributed by atoms with Crippen LogP contribution >= 0.6 is 0 Å². The van der Waals surface area contributed by atoms with Crippen molar-refractivity contribution in [2.45, 2.75) is 26.3 Å². The molecule has 6 heteroatoms. The first-order valence-electron chi connectivity index (χ1n) is 6.06. The monoisotopic (exact) mass is 261 g/mol. The number of H-pyrrole nitrogens is 1. The maximum atomic E-state index is 12.1. The van der Waals surface area contributed by atoms with Gasteiger partial charge >= 0.3 is 5.63 Å². The van der Waals surface area contributed by atoms with Gasteiger partial charge in [0.05, 0.1) is 5.56 Å². The molecule has 1 heterocycles. The van der Waals surface area contributed by atoms with Crippen LogP contribution in [0.4, 0.5) is 0 Å². The maximum absolute atomic E-state index is 12.1. The smallest absolute Gasteiger partial charge is 0.427 e. The fourth-order valence-corrected chi connectivity index (χ4v) is 1.60. The first-order valence-corrected chi connectivity index (χ1v) is 6.06. The van der Waals surface area contributed by atoms with Gasteiger partial charge in [-0.1, -0.05) is 19.1 Å². The van der Waals surface area contributed by atoms with Gasteiger partial charge in [-0.05, 0) is 35.3 Å². The van der Waals surface area contributed by atoms with Gasteiger partial charge in [-0.15, -0.1) is 0 Å². The van der Waals surface area contributed by atoms with Gasteiger partial charge in [0.25, 0.3) is 6.20 Å². The SMILES string of the molecule is CCC(C)N=C([O-])c1ccccc1-[n+]1cc(=O)o[nH]1. The fourth-order valence-electron chi connectivity index (χ4n) is 1.60. The molecule has 0 amide bonds. The lowest BCUT2D eigenvalue weighted by Crippen LogP contribution is -2.36. The standard InChI is InChI=1S/C13H15N3O3/c1-3-9(2)14-13(18)10-6-4-5-7-11(10)16-8-12(17)19-15-16/h4-9H,3H2,1-2H3,(H-,14,15,17,18). The van der Waals surface area contributed by atoms with E-state index in [4.69, 9.17) is 0 Å². The Kier molecular flexibility index (Phi) is 3.79. The minimum Gasteiger partial charge on any atom is -0.858 e. The molecule has 0 bridgehead atoms. The van der Waals surface area contributed by atoms with Gasteiger partial charge < -0.3 is 5.11 Å². The topological polar surface area (TPSA) is 85.3 Å². The van der Waals surface area contributed by atoms with Crippen molar-refractivity contribution in [2.75, 3.05) is 0 Å². The first kappa shape index (κ1) is 13.1. The summed E-state index contributed by atoms with van der Waals surface area (Å²) in [4.78, 5) is 15.1. The van der Waals surface area contributed by atoms with E-state index in [0.29, 0.717) is 11.3 Å². The molecule has 100 valence electrons. The largest absolute Gasteiger partial charge is 0.858 e. The highest BCUT2D eigenvalue weighted by atomic mass is 16.5. The van der Waals surface area contributed by atoms with Crippen molar-refractivity contribution in [3.63, 3.8) is 0 Å². The van der Waals surface area contributed by atoms with Crippen LogP contribution in [0.15, 0.2) is 44.8 Å². The van der Waals surface area contributed by atoms with Crippen molar-refractivity contribution < 1.29 is 14.3 Å². The molecule has 0 saturated heterocycles. The number of benzene rings is 1. The zero-order valence-corrected chi connectivity index (χ0v) is 10.8. The molecule has 1 atom stereocenters. The Morgan fingerprint density at radius 2 is 2.26 bits per heavy atom. The minimum absolute atomic E-state index is 0.0334. The molecule has 1 aromatic carbocycles. The Morgan fingerprint density at radius 1 is 1.53 bits per heavy atom. The quantitative estimate of drug-likeness (QED) is 0.483. The Morgan fingerprint density at radius 3 is 2.89 bits per heavy atom. The number of nitrogens with one attached hydrogen (secondary N) is 1. The van der Waals surface area contributed by atoms with E-state index in [1.807, 2.05) is 13.8 Å². The number of aliphatic imine (C=N–C) groups is 1. The average Bonchev–Trinajstić information content (AvgIpc) is 2.85. The van der Waals surface area contributed by atoms with Crippen LogP contribution in [0.3, 0.4) is 0 Å². The molecule has 0 aliphatic rings. The second-order valence-corrected chi connectivity index (χ2v) is 4.22. The van der Waals surface area contributed by atoms with Crippen molar-refractivity contribution in [2.24, 2.45) is 4.99 Å². The van der Waals surface area contributed by atoms with Crippen LogP contribution < -0.4 is 15.4 Å². The van der Waals surface area contributed by atoms with Crippen LogP contribution in [-0.4, -0.2) is 17.2 Å². The Balaban J connectivity index is 2.47. The molecule has 0 aliphatic heterocycles. The molecule has 0 fully saturated rings. The predicted molar refractivity (Wildman–Crippen MR) is 67.2 cm³/mol. The van der Waals surface area contributed by atoms with Crippen LogP contribution in [0.25, 0.3) is 5.69 Å². The van der Waals surface area contributed by atoms with Crippen molar-refractivity contribution in [1.82, 2.24) is 5.27 Å². The normalized spacial score (nSPS) is 13.5. The van der Waals surface area contributed by atoms with E-state index in [1.165, 1.54) is 10.9 Å². The molecule has 0 spiro atoms. The maximum Gasteiger partial charge on any atom is 0.427 e. The molecule has 1 aromatic heterocycles. The molecule has 2 aromatic rings. The van der Waals surface area contributed by atoms with Gasteiger partial charge in [0.2, 0.25) is 5.69 Å². The summed E-state index contributed by atoms with van der Waals surface area (Å²) in [5.74, 6) is -0.306. The van der Waals surface area contributed by atoms with Crippen LogP contribution in [0.1, 0.15) is 25.8 Å². The molecule has 0 aliphatic carbocycles. The average molecular weight is 261 g/mol. The van der Waals surface area contributed by atoms with Crippen LogP contribution in [0, 0.1) is 0 Å². The summed E-state index contributed by atoms with van der Waals surface area (Å²) in [6.07, 6.45) is 2.03. The molecule has 1 N–H and O–H groups in total. The number of para-hydroxylation sites is 1.